The number of nitrogens with zero attached hydrogens (tertiary/aromatic N) is 1. The molecule has 0 fully saturated rings. The number of benzene rings is 1. The van der Waals surface area contributed by atoms with Gasteiger partial charge in [0, 0.05) is 6.21 Å². The van der Waals surface area contributed by atoms with Crippen molar-refractivity contribution in [1.82, 2.24) is 5.43 Å². The van der Waals surface area contributed by atoms with E-state index in [2.05, 4.69) is 10.5 Å². The first kappa shape index (κ1) is 15.7. The maximum atomic E-state index is 11.8. The van der Waals surface area contributed by atoms with Gasteiger partial charge in [-0.3, -0.25) is 4.18 Å². The molecule has 0 aliphatic heterocycles. The Morgan fingerprint density at radius 3 is 2.53 bits per heavy atom. The van der Waals surface area contributed by atoms with E-state index in [4.69, 9.17) is 4.18 Å². The number of rotatable bonds is 7. The summed E-state index contributed by atoms with van der Waals surface area (Å²) in [5.41, 5.74) is 3.73. The van der Waals surface area contributed by atoms with E-state index in [-0.39, 0.29) is 11.5 Å². The van der Waals surface area contributed by atoms with Crippen LogP contribution in [0.5, 0.6) is 0 Å². The van der Waals surface area contributed by atoms with Crippen molar-refractivity contribution in [3.63, 3.8) is 0 Å². The first-order chi connectivity index (χ1) is 8.92. The number of aryl methyl sites for hydroxylation is 1. The van der Waals surface area contributed by atoms with Crippen LogP contribution < -0.4 is 5.43 Å². The molecule has 1 rings (SSSR count). The Balaban J connectivity index is 2.41. The maximum Gasteiger partial charge on any atom is 0.297 e. The molecule has 1 N–H and O–H groups in total. The van der Waals surface area contributed by atoms with Gasteiger partial charge in [0.2, 0.25) is 0 Å². The van der Waals surface area contributed by atoms with Crippen LogP contribution in [0.1, 0.15) is 19.4 Å². The van der Waals surface area contributed by atoms with Gasteiger partial charge in [0.15, 0.2) is 0 Å². The fourth-order valence-corrected chi connectivity index (χ4v) is 2.14. The molecule has 0 atom stereocenters. The molecule has 106 valence electrons. The minimum Gasteiger partial charge on any atom is -0.308 e. The van der Waals surface area contributed by atoms with Crippen molar-refractivity contribution in [3.05, 3.63) is 29.8 Å². The predicted molar refractivity (Wildman–Crippen MR) is 75.6 cm³/mol. The summed E-state index contributed by atoms with van der Waals surface area (Å²) in [5, 5.41) is 3.92. The van der Waals surface area contributed by atoms with Crippen molar-refractivity contribution in [3.8, 4) is 0 Å². The summed E-state index contributed by atoms with van der Waals surface area (Å²) in [4.78, 5) is 0.170. The molecule has 0 spiro atoms. The summed E-state index contributed by atoms with van der Waals surface area (Å²) in [6.07, 6.45) is 1.74. The van der Waals surface area contributed by atoms with Crippen molar-refractivity contribution in [2.45, 2.75) is 25.7 Å². The van der Waals surface area contributed by atoms with Gasteiger partial charge in [-0.15, -0.1) is 0 Å². The monoisotopic (exact) mass is 284 g/mol. The van der Waals surface area contributed by atoms with Gasteiger partial charge in [-0.05, 0) is 25.0 Å². The maximum absolute atomic E-state index is 11.8. The third-order valence-electron chi connectivity index (χ3n) is 2.23. The molecular weight excluding hydrogens is 264 g/mol. The smallest absolute Gasteiger partial charge is 0.297 e. The summed E-state index contributed by atoms with van der Waals surface area (Å²) in [5.74, 6) is 0.352. The summed E-state index contributed by atoms with van der Waals surface area (Å²) in [7, 11) is -3.67. The van der Waals surface area contributed by atoms with Gasteiger partial charge in [-0.25, -0.2) is 0 Å². The molecule has 0 unspecified atom stereocenters. The van der Waals surface area contributed by atoms with Gasteiger partial charge >= 0.3 is 0 Å². The van der Waals surface area contributed by atoms with Crippen LogP contribution >= 0.6 is 0 Å². The second-order valence-electron chi connectivity index (χ2n) is 4.52. The van der Waals surface area contributed by atoms with Crippen molar-refractivity contribution < 1.29 is 12.6 Å². The van der Waals surface area contributed by atoms with Crippen molar-refractivity contribution in [2.24, 2.45) is 11.0 Å². The molecule has 19 heavy (non-hydrogen) atoms. The first-order valence-corrected chi connectivity index (χ1v) is 7.55. The molecule has 0 bridgehead atoms. The average molecular weight is 284 g/mol. The topological polar surface area (TPSA) is 67.8 Å². The summed E-state index contributed by atoms with van der Waals surface area (Å²) < 4.78 is 28.5. The second-order valence-corrected chi connectivity index (χ2v) is 6.13. The minimum absolute atomic E-state index is 0.0473. The lowest BCUT2D eigenvalue weighted by Gasteiger charge is -2.06. The zero-order chi connectivity index (χ0) is 14.3. The first-order valence-electron chi connectivity index (χ1n) is 6.14. The summed E-state index contributed by atoms with van der Waals surface area (Å²) >= 11 is 0. The Kier molecular flexibility index (Phi) is 5.98. The second kappa shape index (κ2) is 7.25. The third kappa shape index (κ3) is 5.85. The fourth-order valence-electron chi connectivity index (χ4n) is 1.24. The highest BCUT2D eigenvalue weighted by molar-refractivity contribution is 7.86. The van der Waals surface area contributed by atoms with Crippen LogP contribution in [0.3, 0.4) is 0 Å². The molecule has 1 aromatic carbocycles. The summed E-state index contributed by atoms with van der Waals surface area (Å²) in [6.45, 7) is 6.29. The molecule has 0 aliphatic rings. The van der Waals surface area contributed by atoms with Gasteiger partial charge in [0.05, 0.1) is 18.0 Å². The quantitative estimate of drug-likeness (QED) is 0.359. The van der Waals surface area contributed by atoms with Gasteiger partial charge in [-0.1, -0.05) is 31.5 Å². The van der Waals surface area contributed by atoms with E-state index < -0.39 is 10.1 Å². The standard InChI is InChI=1S/C13H20N2O3S/c1-11(2)10-15-14-8-9-18-19(16,17)13-6-4-12(3)5-7-13/h4-7,10-11,14H,8-9H2,1-3H3. The number of hydrogen-bond acceptors (Lipinski definition) is 5. The normalized spacial score (nSPS) is 12.2. The lowest BCUT2D eigenvalue weighted by atomic mass is 10.2. The minimum atomic E-state index is -3.67. The largest absolute Gasteiger partial charge is 0.308 e. The highest BCUT2D eigenvalue weighted by Crippen LogP contribution is 2.12. The Labute approximate surface area is 114 Å². The molecule has 0 heterocycles. The molecule has 0 radical (unpaired) electrons. The van der Waals surface area contributed by atoms with Gasteiger partial charge in [0.1, 0.15) is 0 Å². The lowest BCUT2D eigenvalue weighted by Crippen LogP contribution is -2.17. The van der Waals surface area contributed by atoms with E-state index in [1.54, 1.807) is 18.3 Å². The van der Waals surface area contributed by atoms with Crippen LogP contribution in [0.4, 0.5) is 0 Å². The van der Waals surface area contributed by atoms with Crippen LogP contribution in [-0.4, -0.2) is 27.8 Å². The molecule has 0 aliphatic carbocycles. The molecular formula is C13H20N2O3S. The third-order valence-corrected chi connectivity index (χ3v) is 3.55. The zero-order valence-electron chi connectivity index (χ0n) is 11.5. The number of hydrazone groups is 1. The van der Waals surface area contributed by atoms with Crippen molar-refractivity contribution >= 4 is 16.3 Å². The predicted octanol–water partition coefficient (Wildman–Crippen LogP) is 1.93. The van der Waals surface area contributed by atoms with Crippen LogP contribution in [0.2, 0.25) is 0 Å². The number of nitrogens with one attached hydrogen (secondary N) is 1. The van der Waals surface area contributed by atoms with Crippen LogP contribution in [0.25, 0.3) is 0 Å². The van der Waals surface area contributed by atoms with Gasteiger partial charge in [0.25, 0.3) is 10.1 Å². The van der Waals surface area contributed by atoms with E-state index in [0.29, 0.717) is 12.5 Å². The molecule has 0 saturated heterocycles. The van der Waals surface area contributed by atoms with Crippen LogP contribution in [0.15, 0.2) is 34.3 Å². The molecule has 5 nitrogen and oxygen atoms in total. The van der Waals surface area contributed by atoms with E-state index >= 15 is 0 Å². The van der Waals surface area contributed by atoms with Gasteiger partial charge < -0.3 is 5.43 Å². The van der Waals surface area contributed by atoms with E-state index in [9.17, 15) is 8.42 Å². The Morgan fingerprint density at radius 1 is 1.32 bits per heavy atom. The molecule has 0 aromatic heterocycles. The molecule has 1 aromatic rings. The van der Waals surface area contributed by atoms with Crippen molar-refractivity contribution in [2.75, 3.05) is 13.2 Å². The van der Waals surface area contributed by atoms with Crippen LogP contribution in [0, 0.1) is 12.8 Å². The Hall–Kier alpha value is -1.40. The zero-order valence-corrected chi connectivity index (χ0v) is 12.3. The molecule has 0 amide bonds. The molecule has 6 heteroatoms. The van der Waals surface area contributed by atoms with Crippen molar-refractivity contribution in [1.29, 1.82) is 0 Å². The lowest BCUT2D eigenvalue weighted by molar-refractivity contribution is 0.316. The Morgan fingerprint density at radius 2 is 1.95 bits per heavy atom. The number of hydrogen-bond donors (Lipinski definition) is 1. The van der Waals surface area contributed by atoms with Gasteiger partial charge in [-0.2, -0.15) is 13.5 Å². The SMILES string of the molecule is Cc1ccc(S(=O)(=O)OCCNN=CC(C)C)cc1. The van der Waals surface area contributed by atoms with E-state index in [0.717, 1.165) is 5.56 Å². The highest BCUT2D eigenvalue weighted by Gasteiger charge is 2.13. The summed E-state index contributed by atoms with van der Waals surface area (Å²) in [6, 6.07) is 6.55. The molecule has 0 saturated carbocycles. The van der Waals surface area contributed by atoms with Crippen LogP contribution in [-0.2, 0) is 14.3 Å². The van der Waals surface area contributed by atoms with E-state index in [1.165, 1.54) is 12.1 Å². The fraction of sp³-hybridized carbons (Fsp3) is 0.462. The van der Waals surface area contributed by atoms with E-state index in [1.807, 2.05) is 20.8 Å². The highest BCUT2D eigenvalue weighted by atomic mass is 32.2. The Bertz CT molecular complexity index is 507. The average Bonchev–Trinajstić information content (AvgIpc) is 2.34.